The van der Waals surface area contributed by atoms with Gasteiger partial charge in [0.2, 0.25) is 0 Å². The summed E-state index contributed by atoms with van der Waals surface area (Å²) in [7, 11) is 0. The van der Waals surface area contributed by atoms with Crippen molar-refractivity contribution in [1.29, 1.82) is 0 Å². The normalized spacial score (nSPS) is 14.7. The maximum Gasteiger partial charge on any atom is 0.129 e. The molecule has 0 atom stereocenters. The monoisotopic (exact) mass is 261 g/mol. The Bertz CT molecular complexity index is 399. The van der Waals surface area contributed by atoms with Crippen LogP contribution in [0.15, 0.2) is 12.1 Å². The topological polar surface area (TPSA) is 28.2 Å². The molecule has 1 aliphatic rings. The summed E-state index contributed by atoms with van der Waals surface area (Å²) < 4.78 is 0. The lowest BCUT2D eigenvalue weighted by atomic mass is 10.2. The smallest absolute Gasteiger partial charge is 0.129 e. The van der Waals surface area contributed by atoms with E-state index in [2.05, 4.69) is 43.1 Å². The Morgan fingerprint density at radius 2 is 2.05 bits per heavy atom. The van der Waals surface area contributed by atoms with Gasteiger partial charge in [-0.05, 0) is 50.3 Å². The number of rotatable bonds is 8. The zero-order valence-electron chi connectivity index (χ0n) is 12.6. The molecule has 1 aliphatic carbocycles. The highest BCUT2D eigenvalue weighted by Crippen LogP contribution is 2.21. The third-order valence-corrected chi connectivity index (χ3v) is 3.66. The van der Waals surface area contributed by atoms with Crippen molar-refractivity contribution >= 4 is 5.82 Å². The van der Waals surface area contributed by atoms with E-state index in [1.54, 1.807) is 0 Å². The molecule has 0 amide bonds. The van der Waals surface area contributed by atoms with Crippen molar-refractivity contribution in [2.75, 3.05) is 18.0 Å². The second-order valence-electron chi connectivity index (χ2n) is 5.41. The first kappa shape index (κ1) is 14.3. The minimum atomic E-state index is 0.764. The van der Waals surface area contributed by atoms with Crippen molar-refractivity contribution < 1.29 is 0 Å². The van der Waals surface area contributed by atoms with Gasteiger partial charge in [-0.3, -0.25) is 0 Å². The first-order valence-electron chi connectivity index (χ1n) is 7.75. The van der Waals surface area contributed by atoms with Gasteiger partial charge in [0.15, 0.2) is 0 Å². The molecule has 0 radical (unpaired) electrons. The Hall–Kier alpha value is -1.09. The molecule has 1 fully saturated rings. The van der Waals surface area contributed by atoms with Crippen LogP contribution >= 0.6 is 0 Å². The highest BCUT2D eigenvalue weighted by molar-refractivity contribution is 5.42. The van der Waals surface area contributed by atoms with Crippen LogP contribution < -0.4 is 10.2 Å². The summed E-state index contributed by atoms with van der Waals surface area (Å²) in [4.78, 5) is 7.16. The van der Waals surface area contributed by atoms with Crippen molar-refractivity contribution in [2.45, 2.75) is 59.0 Å². The summed E-state index contributed by atoms with van der Waals surface area (Å²) in [5.74, 6) is 1.15. The van der Waals surface area contributed by atoms with Crippen LogP contribution in [0.4, 0.5) is 5.82 Å². The van der Waals surface area contributed by atoms with E-state index in [0.717, 1.165) is 37.9 Å². The van der Waals surface area contributed by atoms with Gasteiger partial charge in [0.1, 0.15) is 5.82 Å². The Morgan fingerprint density at radius 3 is 2.63 bits per heavy atom. The quantitative estimate of drug-likeness (QED) is 0.779. The van der Waals surface area contributed by atoms with E-state index in [-0.39, 0.29) is 0 Å². The molecule has 0 spiro atoms. The first-order valence-corrected chi connectivity index (χ1v) is 7.75. The van der Waals surface area contributed by atoms with Crippen molar-refractivity contribution in [2.24, 2.45) is 0 Å². The Morgan fingerprint density at radius 1 is 1.26 bits per heavy atom. The molecule has 1 aromatic heterocycles. The summed E-state index contributed by atoms with van der Waals surface area (Å²) in [6.45, 7) is 9.72. The minimum absolute atomic E-state index is 0.764. The van der Waals surface area contributed by atoms with E-state index in [1.807, 2.05) is 0 Å². The fraction of sp³-hybridized carbons (Fsp3) is 0.688. The second kappa shape index (κ2) is 6.90. The molecule has 3 heteroatoms. The van der Waals surface area contributed by atoms with Crippen LogP contribution in [-0.2, 0) is 13.0 Å². The number of hydrogen-bond acceptors (Lipinski definition) is 3. The predicted molar refractivity (Wildman–Crippen MR) is 81.7 cm³/mol. The number of hydrogen-bond donors (Lipinski definition) is 1. The van der Waals surface area contributed by atoms with Crippen LogP contribution in [-0.4, -0.2) is 24.1 Å². The van der Waals surface area contributed by atoms with E-state index in [0.29, 0.717) is 0 Å². The zero-order valence-corrected chi connectivity index (χ0v) is 12.6. The molecule has 3 nitrogen and oxygen atoms in total. The lowest BCUT2D eigenvalue weighted by molar-refractivity contribution is 0.684. The average Bonchev–Trinajstić information content (AvgIpc) is 3.26. The van der Waals surface area contributed by atoms with E-state index in [4.69, 9.17) is 4.98 Å². The number of nitrogens with one attached hydrogen (secondary N) is 1. The molecule has 0 saturated heterocycles. The predicted octanol–water partition coefficient (Wildman–Crippen LogP) is 3.13. The van der Waals surface area contributed by atoms with Gasteiger partial charge in [0.25, 0.3) is 0 Å². The highest BCUT2D eigenvalue weighted by atomic mass is 15.2. The molecular formula is C16H27N3. The summed E-state index contributed by atoms with van der Waals surface area (Å²) in [6.07, 6.45) is 4.86. The number of nitrogens with zero attached hydrogens (tertiary/aromatic N) is 2. The fourth-order valence-electron chi connectivity index (χ4n) is 2.33. The number of aromatic nitrogens is 1. The van der Waals surface area contributed by atoms with Crippen LogP contribution in [0.1, 0.15) is 51.3 Å². The minimum Gasteiger partial charge on any atom is -0.357 e. The van der Waals surface area contributed by atoms with Crippen molar-refractivity contribution in [3.05, 3.63) is 23.4 Å². The van der Waals surface area contributed by atoms with Crippen LogP contribution in [0.5, 0.6) is 0 Å². The highest BCUT2D eigenvalue weighted by Gasteiger charge is 2.20. The largest absolute Gasteiger partial charge is 0.357 e. The van der Waals surface area contributed by atoms with Gasteiger partial charge in [-0.25, -0.2) is 4.98 Å². The van der Waals surface area contributed by atoms with E-state index in [1.165, 1.54) is 30.5 Å². The molecule has 0 bridgehead atoms. The third-order valence-electron chi connectivity index (χ3n) is 3.66. The van der Waals surface area contributed by atoms with Crippen molar-refractivity contribution in [3.63, 3.8) is 0 Å². The van der Waals surface area contributed by atoms with Crippen LogP contribution in [0.3, 0.4) is 0 Å². The molecule has 1 heterocycles. The lowest BCUT2D eigenvalue weighted by Crippen LogP contribution is -2.25. The van der Waals surface area contributed by atoms with Crippen LogP contribution in [0.2, 0.25) is 0 Å². The molecular weight excluding hydrogens is 234 g/mol. The Balaban J connectivity index is 2.12. The molecule has 19 heavy (non-hydrogen) atoms. The van der Waals surface area contributed by atoms with Crippen molar-refractivity contribution in [1.82, 2.24) is 10.3 Å². The lowest BCUT2D eigenvalue weighted by Gasteiger charge is -2.22. The van der Waals surface area contributed by atoms with Crippen LogP contribution in [0.25, 0.3) is 0 Å². The van der Waals surface area contributed by atoms with E-state index in [9.17, 15) is 0 Å². The Labute approximate surface area is 117 Å². The standard InChI is InChI=1S/C16H27N3/c1-4-9-19(6-3)16-11-13(10-14(5-2)18-16)12-17-15-7-8-15/h10-11,15,17H,4-9,12H2,1-3H3. The van der Waals surface area contributed by atoms with Crippen LogP contribution in [0, 0.1) is 0 Å². The van der Waals surface area contributed by atoms with Crippen molar-refractivity contribution in [3.8, 4) is 0 Å². The fourth-order valence-corrected chi connectivity index (χ4v) is 2.33. The number of pyridine rings is 1. The van der Waals surface area contributed by atoms with E-state index < -0.39 is 0 Å². The van der Waals surface area contributed by atoms with Gasteiger partial charge < -0.3 is 10.2 Å². The van der Waals surface area contributed by atoms with Gasteiger partial charge in [0.05, 0.1) is 0 Å². The molecule has 0 aromatic carbocycles. The van der Waals surface area contributed by atoms with Gasteiger partial charge in [-0.2, -0.15) is 0 Å². The number of anilines is 1. The van der Waals surface area contributed by atoms with E-state index >= 15 is 0 Å². The number of aryl methyl sites for hydroxylation is 1. The molecule has 0 aliphatic heterocycles. The van der Waals surface area contributed by atoms with Gasteiger partial charge >= 0.3 is 0 Å². The summed E-state index contributed by atoms with van der Waals surface area (Å²) in [5.41, 5.74) is 2.59. The SMILES string of the molecule is CCCN(CC)c1cc(CNC2CC2)cc(CC)n1. The molecule has 106 valence electrons. The third kappa shape index (κ3) is 4.20. The molecule has 1 saturated carbocycles. The summed E-state index contributed by atoms with van der Waals surface area (Å²) >= 11 is 0. The molecule has 2 rings (SSSR count). The maximum absolute atomic E-state index is 4.78. The first-order chi connectivity index (χ1) is 9.26. The zero-order chi connectivity index (χ0) is 13.7. The molecule has 1 N–H and O–H groups in total. The van der Waals surface area contributed by atoms with Gasteiger partial charge in [-0.15, -0.1) is 0 Å². The van der Waals surface area contributed by atoms with Gasteiger partial charge in [0, 0.05) is 31.4 Å². The summed E-state index contributed by atoms with van der Waals surface area (Å²) in [6, 6.07) is 5.27. The second-order valence-corrected chi connectivity index (χ2v) is 5.41. The molecule has 0 unspecified atom stereocenters. The Kier molecular flexibility index (Phi) is 5.20. The average molecular weight is 261 g/mol. The molecule has 1 aromatic rings. The summed E-state index contributed by atoms with van der Waals surface area (Å²) in [5, 5.41) is 3.59. The van der Waals surface area contributed by atoms with Gasteiger partial charge in [-0.1, -0.05) is 13.8 Å². The maximum atomic E-state index is 4.78.